The van der Waals surface area contributed by atoms with Crippen LogP contribution in [0.3, 0.4) is 0 Å². The zero-order valence-corrected chi connectivity index (χ0v) is 12.7. The second-order valence-electron chi connectivity index (χ2n) is 5.34. The van der Waals surface area contributed by atoms with E-state index in [1.807, 2.05) is 19.3 Å². The molecule has 0 saturated carbocycles. The van der Waals surface area contributed by atoms with Gasteiger partial charge in [0.25, 0.3) is 5.91 Å². The number of methoxy groups -OCH3 is 1. The van der Waals surface area contributed by atoms with Crippen LogP contribution in [0.15, 0.2) is 36.7 Å². The van der Waals surface area contributed by atoms with Crippen molar-refractivity contribution in [1.29, 1.82) is 0 Å². The highest BCUT2D eigenvalue weighted by Gasteiger charge is 2.32. The van der Waals surface area contributed by atoms with Gasteiger partial charge < -0.3 is 14.8 Å². The van der Waals surface area contributed by atoms with Crippen LogP contribution < -0.4 is 10.1 Å². The molecule has 1 fully saturated rings. The molecule has 1 N–H and O–H groups in total. The van der Waals surface area contributed by atoms with E-state index in [0.29, 0.717) is 17.9 Å². The standard InChI is InChI=1S/C16H19N3O3/c1-19-10-12(9-17-19)15-14(6-7-22-15)18-16(20)11-4-3-5-13(8-11)21-2/h3-5,8-10,14-15H,6-7H2,1-2H3,(H,18,20)/t14-,15+/m0/s1. The van der Waals surface area contributed by atoms with E-state index in [0.717, 1.165) is 12.0 Å². The van der Waals surface area contributed by atoms with Crippen LogP contribution >= 0.6 is 0 Å². The minimum absolute atomic E-state index is 0.0529. The summed E-state index contributed by atoms with van der Waals surface area (Å²) in [4.78, 5) is 12.4. The van der Waals surface area contributed by atoms with Crippen LogP contribution in [0, 0.1) is 0 Å². The summed E-state index contributed by atoms with van der Waals surface area (Å²) in [6.07, 6.45) is 4.33. The van der Waals surface area contributed by atoms with E-state index in [1.54, 1.807) is 36.2 Å². The Morgan fingerprint density at radius 2 is 2.36 bits per heavy atom. The van der Waals surface area contributed by atoms with Crippen LogP contribution in [0.4, 0.5) is 0 Å². The molecule has 1 amide bonds. The van der Waals surface area contributed by atoms with Crippen molar-refractivity contribution < 1.29 is 14.3 Å². The first-order valence-electron chi connectivity index (χ1n) is 7.22. The summed E-state index contributed by atoms with van der Waals surface area (Å²) >= 11 is 0. The van der Waals surface area contributed by atoms with E-state index in [-0.39, 0.29) is 18.1 Å². The summed E-state index contributed by atoms with van der Waals surface area (Å²) in [5.74, 6) is 0.544. The van der Waals surface area contributed by atoms with Gasteiger partial charge in [0.1, 0.15) is 11.9 Å². The summed E-state index contributed by atoms with van der Waals surface area (Å²) in [6, 6.07) is 7.06. The molecule has 116 valence electrons. The van der Waals surface area contributed by atoms with Gasteiger partial charge in [-0.3, -0.25) is 9.48 Å². The number of aryl methyl sites for hydroxylation is 1. The molecule has 22 heavy (non-hydrogen) atoms. The molecule has 0 unspecified atom stereocenters. The van der Waals surface area contributed by atoms with Gasteiger partial charge in [-0.1, -0.05) is 6.07 Å². The Morgan fingerprint density at radius 3 is 3.09 bits per heavy atom. The summed E-state index contributed by atoms with van der Waals surface area (Å²) in [5.41, 5.74) is 1.56. The second kappa shape index (κ2) is 6.19. The van der Waals surface area contributed by atoms with Crippen LogP contribution in [0.5, 0.6) is 5.75 Å². The Morgan fingerprint density at radius 1 is 1.50 bits per heavy atom. The monoisotopic (exact) mass is 301 g/mol. The SMILES string of the molecule is COc1cccc(C(=O)N[C@H]2CCO[C@@H]2c2cnn(C)c2)c1. The molecule has 6 nitrogen and oxygen atoms in total. The molecule has 1 aliphatic rings. The number of hydrogen-bond acceptors (Lipinski definition) is 4. The first-order valence-corrected chi connectivity index (χ1v) is 7.22. The second-order valence-corrected chi connectivity index (χ2v) is 5.34. The fourth-order valence-electron chi connectivity index (χ4n) is 2.67. The summed E-state index contributed by atoms with van der Waals surface area (Å²) in [6.45, 7) is 0.628. The van der Waals surface area contributed by atoms with Gasteiger partial charge in [-0.25, -0.2) is 0 Å². The van der Waals surface area contributed by atoms with Crippen molar-refractivity contribution in [2.75, 3.05) is 13.7 Å². The van der Waals surface area contributed by atoms with Gasteiger partial charge in [-0.2, -0.15) is 5.10 Å². The predicted molar refractivity (Wildman–Crippen MR) is 80.8 cm³/mol. The molecule has 0 bridgehead atoms. The molecule has 1 aromatic heterocycles. The zero-order valence-electron chi connectivity index (χ0n) is 12.7. The molecule has 1 aliphatic heterocycles. The van der Waals surface area contributed by atoms with Crippen LogP contribution in [0.1, 0.15) is 28.4 Å². The lowest BCUT2D eigenvalue weighted by atomic mass is 10.0. The molecule has 0 spiro atoms. The highest BCUT2D eigenvalue weighted by molar-refractivity contribution is 5.94. The van der Waals surface area contributed by atoms with E-state index in [2.05, 4.69) is 10.4 Å². The fourth-order valence-corrected chi connectivity index (χ4v) is 2.67. The van der Waals surface area contributed by atoms with E-state index >= 15 is 0 Å². The lowest BCUT2D eigenvalue weighted by Gasteiger charge is -2.19. The first-order chi connectivity index (χ1) is 10.7. The molecule has 2 aromatic rings. The smallest absolute Gasteiger partial charge is 0.251 e. The zero-order chi connectivity index (χ0) is 15.5. The van der Waals surface area contributed by atoms with Crippen LogP contribution in [-0.2, 0) is 11.8 Å². The van der Waals surface area contributed by atoms with Gasteiger partial charge in [0.2, 0.25) is 0 Å². The number of rotatable bonds is 4. The molecule has 1 saturated heterocycles. The Bertz CT molecular complexity index is 668. The third kappa shape index (κ3) is 2.96. The Labute approximate surface area is 129 Å². The van der Waals surface area contributed by atoms with Crippen molar-refractivity contribution in [3.05, 3.63) is 47.8 Å². The number of nitrogens with zero attached hydrogens (tertiary/aromatic N) is 2. The molecule has 0 radical (unpaired) electrons. The molecule has 3 rings (SSSR count). The maximum Gasteiger partial charge on any atom is 0.251 e. The van der Waals surface area contributed by atoms with E-state index < -0.39 is 0 Å². The fraction of sp³-hybridized carbons (Fsp3) is 0.375. The van der Waals surface area contributed by atoms with Crippen molar-refractivity contribution >= 4 is 5.91 Å². The average Bonchev–Trinajstić information content (AvgIpc) is 3.16. The van der Waals surface area contributed by atoms with Gasteiger partial charge in [-0.05, 0) is 24.6 Å². The van der Waals surface area contributed by atoms with Crippen LogP contribution in [0.2, 0.25) is 0 Å². The highest BCUT2D eigenvalue weighted by Crippen LogP contribution is 2.29. The molecular weight excluding hydrogens is 282 g/mol. The summed E-state index contributed by atoms with van der Waals surface area (Å²) in [5, 5.41) is 7.21. The van der Waals surface area contributed by atoms with E-state index in [9.17, 15) is 4.79 Å². The number of benzene rings is 1. The molecule has 2 heterocycles. The largest absolute Gasteiger partial charge is 0.497 e. The van der Waals surface area contributed by atoms with Gasteiger partial charge >= 0.3 is 0 Å². The lowest BCUT2D eigenvalue weighted by molar-refractivity contribution is 0.0821. The number of amides is 1. The molecule has 0 aliphatic carbocycles. The molecule has 2 atom stereocenters. The number of hydrogen-bond donors (Lipinski definition) is 1. The summed E-state index contributed by atoms with van der Waals surface area (Å²) < 4.78 is 12.6. The van der Waals surface area contributed by atoms with E-state index in [1.165, 1.54) is 0 Å². The third-order valence-corrected chi connectivity index (χ3v) is 3.79. The normalized spacial score (nSPS) is 20.8. The Hall–Kier alpha value is -2.34. The van der Waals surface area contributed by atoms with Crippen molar-refractivity contribution in [1.82, 2.24) is 15.1 Å². The van der Waals surface area contributed by atoms with Crippen molar-refractivity contribution in [3.8, 4) is 5.75 Å². The topological polar surface area (TPSA) is 65.4 Å². The average molecular weight is 301 g/mol. The third-order valence-electron chi connectivity index (χ3n) is 3.79. The highest BCUT2D eigenvalue weighted by atomic mass is 16.5. The minimum atomic E-state index is -0.150. The maximum absolute atomic E-state index is 12.4. The number of carbonyl (C=O) groups is 1. The number of ether oxygens (including phenoxy) is 2. The maximum atomic E-state index is 12.4. The predicted octanol–water partition coefficient (Wildman–Crippen LogP) is 1.69. The first kappa shape index (κ1) is 14.6. The molecular formula is C16H19N3O3. The van der Waals surface area contributed by atoms with Gasteiger partial charge in [0.15, 0.2) is 0 Å². The minimum Gasteiger partial charge on any atom is -0.497 e. The van der Waals surface area contributed by atoms with E-state index in [4.69, 9.17) is 9.47 Å². The van der Waals surface area contributed by atoms with Gasteiger partial charge in [-0.15, -0.1) is 0 Å². The number of aromatic nitrogens is 2. The van der Waals surface area contributed by atoms with Gasteiger partial charge in [0.05, 0.1) is 19.3 Å². The molecule has 6 heteroatoms. The Kier molecular flexibility index (Phi) is 4.11. The number of carbonyl (C=O) groups excluding carboxylic acids is 1. The van der Waals surface area contributed by atoms with Crippen molar-refractivity contribution in [2.45, 2.75) is 18.6 Å². The molecule has 1 aromatic carbocycles. The summed E-state index contributed by atoms with van der Waals surface area (Å²) in [7, 11) is 3.45. The van der Waals surface area contributed by atoms with Gasteiger partial charge in [0, 0.05) is 31.0 Å². The van der Waals surface area contributed by atoms with Crippen molar-refractivity contribution in [2.24, 2.45) is 7.05 Å². The van der Waals surface area contributed by atoms with Crippen LogP contribution in [-0.4, -0.2) is 35.4 Å². The number of nitrogens with one attached hydrogen (secondary N) is 1. The van der Waals surface area contributed by atoms with Crippen LogP contribution in [0.25, 0.3) is 0 Å². The Balaban J connectivity index is 1.72. The van der Waals surface area contributed by atoms with Crippen molar-refractivity contribution in [3.63, 3.8) is 0 Å². The quantitative estimate of drug-likeness (QED) is 0.933. The lowest BCUT2D eigenvalue weighted by Crippen LogP contribution is -2.36.